The quantitative estimate of drug-likeness (QED) is 0.681. The first-order valence-electron chi connectivity index (χ1n) is 7.81. The van der Waals surface area contributed by atoms with Gasteiger partial charge in [0.1, 0.15) is 11.4 Å². The number of hydrogen-bond donors (Lipinski definition) is 1. The Bertz CT molecular complexity index is 878. The molecular weight excluding hydrogens is 403 g/mol. The number of alkyl halides is 2. The Hall–Kier alpha value is -2.94. The summed E-state index contributed by atoms with van der Waals surface area (Å²) in [4.78, 5) is 24.5. The van der Waals surface area contributed by atoms with Crippen LogP contribution in [-0.4, -0.2) is 31.7 Å². The molecule has 6 nitrogen and oxygen atoms in total. The van der Waals surface area contributed by atoms with Crippen LogP contribution in [0.25, 0.3) is 0 Å². The van der Waals surface area contributed by atoms with E-state index in [1.54, 1.807) is 0 Å². The zero-order chi connectivity index (χ0) is 20.8. The van der Waals surface area contributed by atoms with Crippen molar-refractivity contribution in [1.29, 1.82) is 0 Å². The SMILES string of the molecule is COc1cccc(C(=O)OC(C)C(=O)Nc2ccc(Cl)cc2F)c1OC(F)F. The Morgan fingerprint density at radius 2 is 1.89 bits per heavy atom. The van der Waals surface area contributed by atoms with E-state index in [1.807, 2.05) is 0 Å². The van der Waals surface area contributed by atoms with Crippen molar-refractivity contribution in [1.82, 2.24) is 0 Å². The molecule has 0 heterocycles. The molecule has 0 saturated heterocycles. The van der Waals surface area contributed by atoms with E-state index in [9.17, 15) is 22.8 Å². The summed E-state index contributed by atoms with van der Waals surface area (Å²) >= 11 is 5.63. The van der Waals surface area contributed by atoms with Crippen molar-refractivity contribution in [3.8, 4) is 11.5 Å². The molecule has 10 heteroatoms. The molecule has 0 aromatic heterocycles. The summed E-state index contributed by atoms with van der Waals surface area (Å²) in [6.07, 6.45) is -1.37. The van der Waals surface area contributed by atoms with Gasteiger partial charge in [0, 0.05) is 5.02 Å². The fraction of sp³-hybridized carbons (Fsp3) is 0.222. The van der Waals surface area contributed by atoms with E-state index < -0.39 is 36.2 Å². The summed E-state index contributed by atoms with van der Waals surface area (Å²) in [6.45, 7) is -1.98. The number of halogens is 4. The van der Waals surface area contributed by atoms with Crippen LogP contribution >= 0.6 is 11.6 Å². The normalized spacial score (nSPS) is 11.7. The van der Waals surface area contributed by atoms with E-state index >= 15 is 0 Å². The number of amides is 1. The molecule has 0 saturated carbocycles. The first kappa shape index (κ1) is 21.4. The molecule has 0 spiro atoms. The maximum Gasteiger partial charge on any atom is 0.387 e. The van der Waals surface area contributed by atoms with Gasteiger partial charge < -0.3 is 19.5 Å². The zero-order valence-corrected chi connectivity index (χ0v) is 15.4. The maximum absolute atomic E-state index is 13.8. The second-order valence-electron chi connectivity index (χ2n) is 5.38. The molecule has 0 aliphatic heterocycles. The molecule has 1 N–H and O–H groups in total. The Kier molecular flexibility index (Phi) is 7.11. The highest BCUT2D eigenvalue weighted by atomic mass is 35.5. The standard InChI is InChI=1S/C18H15ClF3NO5/c1-9(16(24)23-13-7-6-10(19)8-12(13)20)27-17(25)11-4-3-5-14(26-2)15(11)28-18(21)22/h3-9,18H,1-2H3,(H,23,24). The molecule has 0 fully saturated rings. The highest BCUT2D eigenvalue weighted by molar-refractivity contribution is 6.30. The van der Waals surface area contributed by atoms with E-state index in [0.717, 1.165) is 6.07 Å². The Morgan fingerprint density at radius 3 is 2.50 bits per heavy atom. The highest BCUT2D eigenvalue weighted by Gasteiger charge is 2.25. The topological polar surface area (TPSA) is 73.9 Å². The number of ether oxygens (including phenoxy) is 3. The number of carbonyl (C=O) groups is 2. The monoisotopic (exact) mass is 417 g/mol. The van der Waals surface area contributed by atoms with Gasteiger partial charge in [-0.3, -0.25) is 4.79 Å². The van der Waals surface area contributed by atoms with Crippen molar-refractivity contribution in [3.63, 3.8) is 0 Å². The van der Waals surface area contributed by atoms with E-state index in [1.165, 1.54) is 44.4 Å². The average molecular weight is 418 g/mol. The van der Waals surface area contributed by atoms with Crippen LogP contribution in [-0.2, 0) is 9.53 Å². The molecule has 2 aromatic carbocycles. The predicted octanol–water partition coefficient (Wildman–Crippen LogP) is 4.27. The average Bonchev–Trinajstić information content (AvgIpc) is 2.63. The minimum atomic E-state index is -3.21. The fourth-order valence-corrected chi connectivity index (χ4v) is 2.31. The van der Waals surface area contributed by atoms with Gasteiger partial charge in [0.05, 0.1) is 12.8 Å². The molecule has 0 aliphatic rings. The lowest BCUT2D eigenvalue weighted by molar-refractivity contribution is -0.123. The van der Waals surface area contributed by atoms with Gasteiger partial charge in [-0.05, 0) is 37.3 Å². The van der Waals surface area contributed by atoms with Gasteiger partial charge in [-0.2, -0.15) is 8.78 Å². The van der Waals surface area contributed by atoms with Gasteiger partial charge >= 0.3 is 12.6 Å². The van der Waals surface area contributed by atoms with Crippen molar-refractivity contribution in [2.45, 2.75) is 19.6 Å². The van der Waals surface area contributed by atoms with Gasteiger partial charge in [0.2, 0.25) is 0 Å². The summed E-state index contributed by atoms with van der Waals surface area (Å²) in [5.41, 5.74) is -0.530. The van der Waals surface area contributed by atoms with Crippen LogP contribution in [0.4, 0.5) is 18.9 Å². The number of esters is 1. The maximum atomic E-state index is 13.8. The van der Waals surface area contributed by atoms with Crippen LogP contribution in [0.2, 0.25) is 5.02 Å². The largest absolute Gasteiger partial charge is 0.493 e. The van der Waals surface area contributed by atoms with Crippen LogP contribution in [0, 0.1) is 5.82 Å². The Balaban J connectivity index is 2.14. The van der Waals surface area contributed by atoms with Gasteiger partial charge in [-0.25, -0.2) is 9.18 Å². The smallest absolute Gasteiger partial charge is 0.387 e. The molecular formula is C18H15ClF3NO5. The second-order valence-corrected chi connectivity index (χ2v) is 5.81. The molecule has 0 bridgehead atoms. The molecule has 0 radical (unpaired) electrons. The lowest BCUT2D eigenvalue weighted by atomic mass is 10.2. The zero-order valence-electron chi connectivity index (χ0n) is 14.7. The third-order valence-electron chi connectivity index (χ3n) is 3.47. The Labute approximate surface area is 163 Å². The minimum Gasteiger partial charge on any atom is -0.493 e. The third kappa shape index (κ3) is 5.29. The molecule has 28 heavy (non-hydrogen) atoms. The van der Waals surface area contributed by atoms with Gasteiger partial charge in [0.15, 0.2) is 17.6 Å². The van der Waals surface area contributed by atoms with Gasteiger partial charge in [0.25, 0.3) is 5.91 Å². The Morgan fingerprint density at radius 1 is 1.18 bits per heavy atom. The second kappa shape index (κ2) is 9.32. The predicted molar refractivity (Wildman–Crippen MR) is 94.5 cm³/mol. The first-order valence-corrected chi connectivity index (χ1v) is 8.19. The summed E-state index contributed by atoms with van der Waals surface area (Å²) in [5, 5.41) is 2.38. The molecule has 2 aromatic rings. The number of carbonyl (C=O) groups excluding carboxylic acids is 2. The number of methoxy groups -OCH3 is 1. The van der Waals surface area contributed by atoms with E-state index in [0.29, 0.717) is 0 Å². The third-order valence-corrected chi connectivity index (χ3v) is 3.70. The summed E-state index contributed by atoms with van der Waals surface area (Å²) in [5.74, 6) is -3.36. The first-order chi connectivity index (χ1) is 13.2. The fourth-order valence-electron chi connectivity index (χ4n) is 2.15. The molecule has 2 rings (SSSR count). The van der Waals surface area contributed by atoms with Crippen LogP contribution in [0.3, 0.4) is 0 Å². The number of rotatable bonds is 7. The van der Waals surface area contributed by atoms with Crippen LogP contribution in [0.5, 0.6) is 11.5 Å². The lowest BCUT2D eigenvalue weighted by Crippen LogP contribution is -2.30. The molecule has 1 atom stereocenters. The lowest BCUT2D eigenvalue weighted by Gasteiger charge is -2.17. The molecule has 1 amide bonds. The van der Waals surface area contributed by atoms with E-state index in [2.05, 4.69) is 10.1 Å². The van der Waals surface area contributed by atoms with Crippen LogP contribution < -0.4 is 14.8 Å². The van der Waals surface area contributed by atoms with E-state index in [4.69, 9.17) is 21.1 Å². The molecule has 1 unspecified atom stereocenters. The van der Waals surface area contributed by atoms with Crippen molar-refractivity contribution >= 4 is 29.2 Å². The molecule has 150 valence electrons. The van der Waals surface area contributed by atoms with Crippen molar-refractivity contribution in [3.05, 3.63) is 52.8 Å². The number of anilines is 1. The van der Waals surface area contributed by atoms with Gasteiger partial charge in [-0.1, -0.05) is 17.7 Å². The number of para-hydroxylation sites is 1. The molecule has 0 aliphatic carbocycles. The van der Waals surface area contributed by atoms with Crippen molar-refractivity contribution in [2.24, 2.45) is 0 Å². The van der Waals surface area contributed by atoms with Crippen molar-refractivity contribution < 1.29 is 37.0 Å². The van der Waals surface area contributed by atoms with Crippen LogP contribution in [0.1, 0.15) is 17.3 Å². The van der Waals surface area contributed by atoms with Gasteiger partial charge in [-0.15, -0.1) is 0 Å². The minimum absolute atomic E-state index is 0.116. The van der Waals surface area contributed by atoms with Crippen LogP contribution in [0.15, 0.2) is 36.4 Å². The highest BCUT2D eigenvalue weighted by Crippen LogP contribution is 2.33. The number of hydrogen-bond acceptors (Lipinski definition) is 5. The summed E-state index contributed by atoms with van der Waals surface area (Å²) in [7, 11) is 1.21. The summed E-state index contributed by atoms with van der Waals surface area (Å²) in [6, 6.07) is 7.45. The van der Waals surface area contributed by atoms with Crippen molar-refractivity contribution in [2.75, 3.05) is 12.4 Å². The number of benzene rings is 2. The van der Waals surface area contributed by atoms with E-state index in [-0.39, 0.29) is 22.0 Å². The summed E-state index contributed by atoms with van der Waals surface area (Å²) < 4.78 is 53.2. The number of nitrogens with one attached hydrogen (secondary N) is 1.